The number of benzene rings is 5. The summed E-state index contributed by atoms with van der Waals surface area (Å²) in [5.41, 5.74) is 5.81. The topological polar surface area (TPSA) is 47.6 Å². The fourth-order valence-electron chi connectivity index (χ4n) is 4.47. The van der Waals surface area contributed by atoms with Gasteiger partial charge in [-0.15, -0.1) is 0 Å². The van der Waals surface area contributed by atoms with Gasteiger partial charge in [0.2, 0.25) is 0 Å². The molecule has 5 rings (SSSR count). The average molecular weight is 451 g/mol. The summed E-state index contributed by atoms with van der Waals surface area (Å²) >= 11 is 0. The van der Waals surface area contributed by atoms with Crippen molar-refractivity contribution in [2.24, 2.45) is 0 Å². The van der Waals surface area contributed by atoms with Crippen LogP contribution in [0.1, 0.15) is 11.1 Å². The minimum atomic E-state index is -0.798. The van der Waals surface area contributed by atoms with E-state index in [1.807, 2.05) is 121 Å². The first kappa shape index (κ1) is 21.8. The lowest BCUT2D eigenvalue weighted by molar-refractivity contribution is 0.621. The van der Waals surface area contributed by atoms with Crippen LogP contribution in [0.3, 0.4) is 0 Å². The van der Waals surface area contributed by atoms with Gasteiger partial charge in [0.25, 0.3) is 0 Å². The van der Waals surface area contributed by atoms with Crippen LogP contribution < -0.4 is 0 Å². The van der Waals surface area contributed by atoms with Gasteiger partial charge in [-0.05, 0) is 39.4 Å². The molecule has 164 valence electrons. The van der Waals surface area contributed by atoms with Gasteiger partial charge in [-0.25, -0.2) is 4.39 Å². The Morgan fingerprint density at radius 3 is 1.14 bits per heavy atom. The summed E-state index contributed by atoms with van der Waals surface area (Å²) in [6.45, 7) is 0. The first-order valence-electron chi connectivity index (χ1n) is 11.2. The number of hydrogen-bond donors (Lipinski definition) is 0. The molecular weight excluding hydrogens is 431 g/mol. The number of rotatable bonds is 4. The summed E-state index contributed by atoms with van der Waals surface area (Å²) in [4.78, 5) is 0. The van der Waals surface area contributed by atoms with Gasteiger partial charge in [0.05, 0.1) is 11.1 Å². The van der Waals surface area contributed by atoms with Crippen LogP contribution in [0.15, 0.2) is 115 Å². The second kappa shape index (κ2) is 9.48. The van der Waals surface area contributed by atoms with E-state index in [2.05, 4.69) is 0 Å². The molecular formula is C32H19FN2. The maximum Gasteiger partial charge on any atom is 0.159 e. The number of halogens is 1. The summed E-state index contributed by atoms with van der Waals surface area (Å²) < 4.78 is 15.8. The SMILES string of the molecule is N#Cc1c(-c2ccccc2-c2ccccc2)cc(-c2ccccc2-c2ccccc2)c(C#N)c1F. The first-order valence-corrected chi connectivity index (χ1v) is 11.2. The molecule has 5 aromatic rings. The summed E-state index contributed by atoms with van der Waals surface area (Å²) in [5.74, 6) is -0.798. The maximum atomic E-state index is 15.8. The molecule has 0 saturated heterocycles. The quantitative estimate of drug-likeness (QED) is 0.277. The molecule has 0 unspecified atom stereocenters. The van der Waals surface area contributed by atoms with Crippen molar-refractivity contribution in [1.29, 1.82) is 10.5 Å². The highest BCUT2D eigenvalue weighted by atomic mass is 19.1. The van der Waals surface area contributed by atoms with Crippen molar-refractivity contribution in [2.45, 2.75) is 0 Å². The van der Waals surface area contributed by atoms with Gasteiger partial charge in [0.15, 0.2) is 5.82 Å². The van der Waals surface area contributed by atoms with Crippen molar-refractivity contribution >= 4 is 0 Å². The van der Waals surface area contributed by atoms with E-state index in [1.54, 1.807) is 6.07 Å². The highest BCUT2D eigenvalue weighted by Gasteiger charge is 2.23. The maximum absolute atomic E-state index is 15.8. The fourth-order valence-corrected chi connectivity index (χ4v) is 4.47. The van der Waals surface area contributed by atoms with Crippen LogP contribution in [-0.2, 0) is 0 Å². The zero-order valence-corrected chi connectivity index (χ0v) is 18.7. The van der Waals surface area contributed by atoms with Crippen molar-refractivity contribution in [1.82, 2.24) is 0 Å². The van der Waals surface area contributed by atoms with E-state index in [1.165, 1.54) is 0 Å². The Kier molecular flexibility index (Phi) is 5.91. The normalized spacial score (nSPS) is 10.4. The van der Waals surface area contributed by atoms with E-state index >= 15 is 4.39 Å². The lowest BCUT2D eigenvalue weighted by Gasteiger charge is -2.17. The number of nitriles is 2. The Labute approximate surface area is 203 Å². The summed E-state index contributed by atoms with van der Waals surface area (Å²) in [6.07, 6.45) is 0. The van der Waals surface area contributed by atoms with E-state index in [9.17, 15) is 10.5 Å². The summed E-state index contributed by atoms with van der Waals surface area (Å²) in [7, 11) is 0. The molecule has 3 heteroatoms. The van der Waals surface area contributed by atoms with Gasteiger partial charge in [0, 0.05) is 11.1 Å². The van der Waals surface area contributed by atoms with E-state index in [4.69, 9.17) is 0 Å². The molecule has 0 atom stereocenters. The minimum Gasteiger partial charge on any atom is -0.204 e. The Morgan fingerprint density at radius 1 is 0.429 bits per heavy atom. The van der Waals surface area contributed by atoms with Crippen LogP contribution in [-0.4, -0.2) is 0 Å². The second-order valence-corrected chi connectivity index (χ2v) is 8.08. The van der Waals surface area contributed by atoms with Gasteiger partial charge in [-0.1, -0.05) is 109 Å². The molecule has 0 aliphatic heterocycles. The van der Waals surface area contributed by atoms with Crippen LogP contribution in [0.4, 0.5) is 4.39 Å². The predicted octanol–water partition coefficient (Wildman–Crippen LogP) is 8.24. The lowest BCUT2D eigenvalue weighted by Crippen LogP contribution is -2.00. The molecule has 0 aliphatic rings. The van der Waals surface area contributed by atoms with E-state index in [0.717, 1.165) is 33.4 Å². The Morgan fingerprint density at radius 2 is 0.771 bits per heavy atom. The number of nitrogens with zero attached hydrogens (tertiary/aromatic N) is 2. The van der Waals surface area contributed by atoms with Crippen molar-refractivity contribution < 1.29 is 4.39 Å². The van der Waals surface area contributed by atoms with Gasteiger partial charge in [0.1, 0.15) is 12.1 Å². The Bertz CT molecular complexity index is 1490. The number of hydrogen-bond acceptors (Lipinski definition) is 2. The summed E-state index contributed by atoms with van der Waals surface area (Å²) in [5, 5.41) is 19.9. The summed E-state index contributed by atoms with van der Waals surface area (Å²) in [6, 6.07) is 40.7. The molecule has 0 fully saturated rings. The zero-order valence-electron chi connectivity index (χ0n) is 18.7. The molecule has 0 aliphatic carbocycles. The molecule has 0 saturated carbocycles. The van der Waals surface area contributed by atoms with E-state index < -0.39 is 5.82 Å². The third-order valence-electron chi connectivity index (χ3n) is 6.09. The molecule has 0 heterocycles. The monoisotopic (exact) mass is 450 g/mol. The molecule has 0 spiro atoms. The van der Waals surface area contributed by atoms with Crippen molar-refractivity contribution in [3.05, 3.63) is 132 Å². The molecule has 0 bridgehead atoms. The molecule has 0 aromatic heterocycles. The lowest BCUT2D eigenvalue weighted by atomic mass is 9.85. The molecule has 0 radical (unpaired) electrons. The Hall–Kier alpha value is -4.99. The van der Waals surface area contributed by atoms with Crippen LogP contribution in [0, 0.1) is 28.5 Å². The van der Waals surface area contributed by atoms with Gasteiger partial charge >= 0.3 is 0 Å². The fraction of sp³-hybridized carbons (Fsp3) is 0. The molecule has 2 nitrogen and oxygen atoms in total. The minimum absolute atomic E-state index is 0.133. The highest BCUT2D eigenvalue weighted by molar-refractivity contribution is 5.92. The standard InChI is InChI=1S/C32H19FN2/c33-32-30(20-34)28(26-17-9-7-15-24(26)22-11-3-1-4-12-22)19-29(31(32)21-35)27-18-10-8-16-25(27)23-13-5-2-6-14-23/h1-19H. The van der Waals surface area contributed by atoms with Crippen molar-refractivity contribution in [3.63, 3.8) is 0 Å². The first-order chi connectivity index (χ1) is 17.2. The molecule has 0 N–H and O–H groups in total. The highest BCUT2D eigenvalue weighted by Crippen LogP contribution is 2.41. The van der Waals surface area contributed by atoms with Crippen LogP contribution in [0.2, 0.25) is 0 Å². The smallest absolute Gasteiger partial charge is 0.159 e. The third kappa shape index (κ3) is 3.97. The zero-order chi connectivity index (χ0) is 24.2. The largest absolute Gasteiger partial charge is 0.204 e. The Balaban J connectivity index is 1.83. The van der Waals surface area contributed by atoms with Crippen LogP contribution in [0.25, 0.3) is 44.5 Å². The second-order valence-electron chi connectivity index (χ2n) is 8.08. The van der Waals surface area contributed by atoms with Crippen LogP contribution >= 0.6 is 0 Å². The average Bonchev–Trinajstić information content (AvgIpc) is 2.93. The molecule has 35 heavy (non-hydrogen) atoms. The van der Waals surface area contributed by atoms with E-state index in [0.29, 0.717) is 11.1 Å². The molecule has 0 amide bonds. The van der Waals surface area contributed by atoms with Crippen molar-refractivity contribution in [3.8, 4) is 56.6 Å². The van der Waals surface area contributed by atoms with Crippen LogP contribution in [0.5, 0.6) is 0 Å². The third-order valence-corrected chi connectivity index (χ3v) is 6.09. The van der Waals surface area contributed by atoms with Gasteiger partial charge < -0.3 is 0 Å². The van der Waals surface area contributed by atoms with Gasteiger partial charge in [-0.2, -0.15) is 10.5 Å². The van der Waals surface area contributed by atoms with E-state index in [-0.39, 0.29) is 11.1 Å². The van der Waals surface area contributed by atoms with Gasteiger partial charge in [-0.3, -0.25) is 0 Å². The predicted molar refractivity (Wildman–Crippen MR) is 138 cm³/mol. The molecule has 5 aromatic carbocycles. The van der Waals surface area contributed by atoms with Crippen molar-refractivity contribution in [2.75, 3.05) is 0 Å².